The molecule has 1 N–H and O–H groups in total. The Bertz CT molecular complexity index is 1520. The number of pyridine rings is 2. The predicted octanol–water partition coefficient (Wildman–Crippen LogP) is 5.01. The summed E-state index contributed by atoms with van der Waals surface area (Å²) in [6.07, 6.45) is -2.83. The summed E-state index contributed by atoms with van der Waals surface area (Å²) in [6, 6.07) is 13.7. The van der Waals surface area contributed by atoms with Crippen LogP contribution < -0.4 is 5.56 Å². The van der Waals surface area contributed by atoms with Crippen LogP contribution in [0.4, 0.5) is 17.6 Å². The Balaban J connectivity index is 1.78. The third kappa shape index (κ3) is 3.31. The summed E-state index contributed by atoms with van der Waals surface area (Å²) in [5.41, 5.74) is 0.421. The van der Waals surface area contributed by atoms with Gasteiger partial charge in [-0.2, -0.15) is 18.3 Å². The van der Waals surface area contributed by atoms with Gasteiger partial charge in [-0.25, -0.2) is 9.37 Å². The lowest BCUT2D eigenvalue weighted by molar-refractivity contribution is -0.137. The predicted molar refractivity (Wildman–Crippen MR) is 111 cm³/mol. The second-order valence-corrected chi connectivity index (χ2v) is 7.29. The minimum atomic E-state index is -4.56. The highest BCUT2D eigenvalue weighted by molar-refractivity contribution is 6.03. The lowest BCUT2D eigenvalue weighted by Crippen LogP contribution is -2.21. The molecular weight excluding hydrogens is 424 g/mol. The van der Waals surface area contributed by atoms with Crippen LogP contribution in [0.1, 0.15) is 16.8 Å². The van der Waals surface area contributed by atoms with Gasteiger partial charge in [0.05, 0.1) is 22.3 Å². The van der Waals surface area contributed by atoms with Crippen molar-refractivity contribution in [3.05, 3.63) is 99.9 Å². The molecule has 0 aliphatic rings. The Morgan fingerprint density at radius 1 is 1.00 bits per heavy atom. The van der Waals surface area contributed by atoms with E-state index in [1.165, 1.54) is 30.5 Å². The number of hydrogen-bond donors (Lipinski definition) is 1. The summed E-state index contributed by atoms with van der Waals surface area (Å²) >= 11 is 0. The summed E-state index contributed by atoms with van der Waals surface area (Å²) in [7, 11) is 0. The Labute approximate surface area is 178 Å². The molecule has 160 valence electrons. The first-order valence-corrected chi connectivity index (χ1v) is 9.62. The monoisotopic (exact) mass is 438 g/mol. The maximum absolute atomic E-state index is 13.6. The maximum atomic E-state index is 13.6. The van der Waals surface area contributed by atoms with Crippen molar-refractivity contribution in [2.75, 3.05) is 0 Å². The molecule has 0 saturated carbocycles. The molecule has 0 fully saturated rings. The number of nitrogens with one attached hydrogen (secondary N) is 1. The van der Waals surface area contributed by atoms with E-state index in [9.17, 15) is 22.4 Å². The molecular formula is C23H14F4N4O. The van der Waals surface area contributed by atoms with E-state index in [-0.39, 0.29) is 29.0 Å². The maximum Gasteiger partial charge on any atom is 0.416 e. The van der Waals surface area contributed by atoms with Gasteiger partial charge in [-0.15, -0.1) is 0 Å². The normalized spacial score (nSPS) is 12.0. The highest BCUT2D eigenvalue weighted by Crippen LogP contribution is 2.31. The molecule has 2 aromatic carbocycles. The van der Waals surface area contributed by atoms with E-state index in [4.69, 9.17) is 0 Å². The minimum Gasteiger partial charge on any atom is -0.281 e. The second kappa shape index (κ2) is 7.30. The van der Waals surface area contributed by atoms with Crippen molar-refractivity contribution in [1.82, 2.24) is 19.7 Å². The highest BCUT2D eigenvalue weighted by atomic mass is 19.4. The van der Waals surface area contributed by atoms with Crippen molar-refractivity contribution in [3.63, 3.8) is 0 Å². The number of alkyl halides is 3. The molecule has 5 aromatic rings. The summed E-state index contributed by atoms with van der Waals surface area (Å²) in [6.45, 7) is 0. The molecule has 3 aromatic heterocycles. The van der Waals surface area contributed by atoms with Crippen LogP contribution in [0.25, 0.3) is 27.6 Å². The van der Waals surface area contributed by atoms with Crippen molar-refractivity contribution < 1.29 is 17.6 Å². The molecule has 3 heterocycles. The number of H-pyrrole nitrogens is 1. The SMILES string of the molecule is O=c1c2c(Cc3ccc(F)cc3)[nH]nc2c2cccnc2n1-c1cccc(C(F)(F)F)c1. The van der Waals surface area contributed by atoms with Crippen LogP contribution in [-0.4, -0.2) is 19.7 Å². The molecule has 0 aliphatic heterocycles. The van der Waals surface area contributed by atoms with E-state index < -0.39 is 17.3 Å². The number of aromatic nitrogens is 4. The lowest BCUT2D eigenvalue weighted by Gasteiger charge is -2.13. The van der Waals surface area contributed by atoms with Crippen LogP contribution in [0.3, 0.4) is 0 Å². The first kappa shape index (κ1) is 19.9. The first-order chi connectivity index (χ1) is 15.3. The first-order valence-electron chi connectivity index (χ1n) is 9.62. The fourth-order valence-corrected chi connectivity index (χ4v) is 3.77. The molecule has 9 heteroatoms. The van der Waals surface area contributed by atoms with E-state index in [0.29, 0.717) is 16.6 Å². The lowest BCUT2D eigenvalue weighted by atomic mass is 10.1. The molecule has 0 amide bonds. The molecule has 0 unspecified atom stereocenters. The zero-order valence-corrected chi connectivity index (χ0v) is 16.3. The molecule has 0 atom stereocenters. The van der Waals surface area contributed by atoms with Crippen LogP contribution >= 0.6 is 0 Å². The van der Waals surface area contributed by atoms with Gasteiger partial charge >= 0.3 is 6.18 Å². The zero-order valence-electron chi connectivity index (χ0n) is 16.3. The Morgan fingerprint density at radius 2 is 1.78 bits per heavy atom. The van der Waals surface area contributed by atoms with Gasteiger partial charge in [-0.1, -0.05) is 18.2 Å². The quantitative estimate of drug-likeness (QED) is 0.403. The number of rotatable bonds is 3. The van der Waals surface area contributed by atoms with Gasteiger partial charge in [0.2, 0.25) is 0 Å². The van der Waals surface area contributed by atoms with Crippen molar-refractivity contribution in [2.24, 2.45) is 0 Å². The second-order valence-electron chi connectivity index (χ2n) is 7.29. The van der Waals surface area contributed by atoms with Crippen LogP contribution in [-0.2, 0) is 12.6 Å². The average molecular weight is 438 g/mol. The van der Waals surface area contributed by atoms with Gasteiger partial charge in [0.25, 0.3) is 5.56 Å². The summed E-state index contributed by atoms with van der Waals surface area (Å²) in [4.78, 5) is 17.8. The van der Waals surface area contributed by atoms with Crippen LogP contribution in [0.5, 0.6) is 0 Å². The Hall–Kier alpha value is -4.01. The zero-order chi connectivity index (χ0) is 22.5. The molecule has 0 radical (unpaired) electrons. The van der Waals surface area contributed by atoms with E-state index in [0.717, 1.165) is 22.3 Å². The number of fused-ring (bicyclic) bond motifs is 3. The molecule has 5 nitrogen and oxygen atoms in total. The van der Waals surface area contributed by atoms with Gasteiger partial charge in [0.15, 0.2) is 0 Å². The van der Waals surface area contributed by atoms with Crippen LogP contribution in [0.15, 0.2) is 71.7 Å². The average Bonchev–Trinajstić information content (AvgIpc) is 3.19. The van der Waals surface area contributed by atoms with Crippen molar-refractivity contribution >= 4 is 21.9 Å². The third-order valence-electron chi connectivity index (χ3n) is 5.24. The molecule has 0 bridgehead atoms. The van der Waals surface area contributed by atoms with Crippen LogP contribution in [0, 0.1) is 5.82 Å². The highest BCUT2D eigenvalue weighted by Gasteiger charge is 2.31. The number of halogens is 4. The van der Waals surface area contributed by atoms with Gasteiger partial charge in [0.1, 0.15) is 17.0 Å². The van der Waals surface area contributed by atoms with Gasteiger partial charge in [-0.05, 0) is 48.0 Å². The smallest absolute Gasteiger partial charge is 0.281 e. The molecule has 0 saturated heterocycles. The number of nitrogens with zero attached hydrogens (tertiary/aromatic N) is 3. The number of benzene rings is 2. The van der Waals surface area contributed by atoms with Gasteiger partial charge in [0, 0.05) is 18.0 Å². The summed E-state index contributed by atoms with van der Waals surface area (Å²) < 4.78 is 54.3. The molecule has 32 heavy (non-hydrogen) atoms. The topological polar surface area (TPSA) is 63.6 Å². The van der Waals surface area contributed by atoms with Crippen molar-refractivity contribution in [2.45, 2.75) is 12.6 Å². The van der Waals surface area contributed by atoms with Gasteiger partial charge < -0.3 is 0 Å². The summed E-state index contributed by atoms with van der Waals surface area (Å²) in [5, 5.41) is 7.90. The van der Waals surface area contributed by atoms with E-state index in [2.05, 4.69) is 15.2 Å². The Morgan fingerprint density at radius 3 is 2.53 bits per heavy atom. The van der Waals surface area contributed by atoms with Gasteiger partial charge in [-0.3, -0.25) is 14.5 Å². The molecule has 5 rings (SSSR count). The largest absolute Gasteiger partial charge is 0.416 e. The third-order valence-corrected chi connectivity index (χ3v) is 5.24. The van der Waals surface area contributed by atoms with E-state index >= 15 is 0 Å². The standard InChI is InChI=1S/C23H14F4N4O/c24-15-8-6-13(7-9-15)11-18-19-20(30-29-18)17-5-2-10-28-21(17)31(22(19)32)16-4-1-3-14(12-16)23(25,26)27/h1-10,12H,11H2,(H,29,30). The van der Waals surface area contributed by atoms with Crippen LogP contribution in [0.2, 0.25) is 0 Å². The number of aromatic amines is 1. The fourth-order valence-electron chi connectivity index (χ4n) is 3.77. The van der Waals surface area contributed by atoms with E-state index in [1.54, 1.807) is 24.3 Å². The van der Waals surface area contributed by atoms with E-state index in [1.807, 2.05) is 0 Å². The fraction of sp³-hybridized carbons (Fsp3) is 0.0870. The molecule has 0 spiro atoms. The summed E-state index contributed by atoms with van der Waals surface area (Å²) in [5.74, 6) is -0.382. The van der Waals surface area contributed by atoms with Crippen molar-refractivity contribution in [3.8, 4) is 5.69 Å². The van der Waals surface area contributed by atoms with Crippen molar-refractivity contribution in [1.29, 1.82) is 0 Å². The number of hydrogen-bond acceptors (Lipinski definition) is 3. The Kier molecular flexibility index (Phi) is 4.54. The minimum absolute atomic E-state index is 0.0457. The molecule has 0 aliphatic carbocycles.